The summed E-state index contributed by atoms with van der Waals surface area (Å²) in [6.07, 6.45) is -0.549. The fourth-order valence-electron chi connectivity index (χ4n) is 2.19. The molecular weight excluding hydrogens is 252 g/mol. The van der Waals surface area contributed by atoms with Crippen molar-refractivity contribution in [1.29, 1.82) is 0 Å². The van der Waals surface area contributed by atoms with Crippen molar-refractivity contribution < 1.29 is 9.84 Å². The van der Waals surface area contributed by atoms with Crippen molar-refractivity contribution >= 4 is 17.3 Å². The van der Waals surface area contributed by atoms with Crippen molar-refractivity contribution in [3.63, 3.8) is 0 Å². The zero-order valence-corrected chi connectivity index (χ0v) is 11.3. The highest BCUT2D eigenvalue weighted by molar-refractivity contribution is 6.30. The van der Waals surface area contributed by atoms with Gasteiger partial charge in [0.2, 0.25) is 0 Å². The number of morpholine rings is 1. The highest BCUT2D eigenvalue weighted by atomic mass is 35.5. The van der Waals surface area contributed by atoms with Crippen LogP contribution >= 0.6 is 11.6 Å². The number of hydrogen-bond donors (Lipinski definition) is 2. The third-order valence-electron chi connectivity index (χ3n) is 3.10. The number of aliphatic hydroxyl groups excluding tert-OH is 1. The van der Waals surface area contributed by atoms with Gasteiger partial charge in [-0.3, -0.25) is 0 Å². The van der Waals surface area contributed by atoms with Gasteiger partial charge in [-0.05, 0) is 25.2 Å². The first-order valence-electron chi connectivity index (χ1n) is 6.17. The number of likely N-dealkylation sites (N-methyl/N-ethyl adjacent to an activating group) is 1. The van der Waals surface area contributed by atoms with Crippen LogP contribution in [0.4, 0.5) is 5.69 Å². The molecular formula is C13H19ClN2O2. The van der Waals surface area contributed by atoms with Gasteiger partial charge in [0.15, 0.2) is 0 Å². The van der Waals surface area contributed by atoms with Crippen LogP contribution in [0.5, 0.6) is 0 Å². The van der Waals surface area contributed by atoms with E-state index in [0.29, 0.717) is 11.6 Å². The molecule has 1 aromatic rings. The van der Waals surface area contributed by atoms with E-state index in [4.69, 9.17) is 16.3 Å². The molecule has 0 saturated carbocycles. The maximum Gasteiger partial charge on any atom is 0.0934 e. The van der Waals surface area contributed by atoms with Gasteiger partial charge < -0.3 is 20.1 Å². The predicted molar refractivity (Wildman–Crippen MR) is 73.4 cm³/mol. The molecule has 1 heterocycles. The molecule has 5 heteroatoms. The standard InChI is InChI=1S/C13H19ClN2O2/c1-15-9-13(17)11-8-10(14)2-3-12(11)16-4-6-18-7-5-16/h2-3,8,13,15,17H,4-7,9H2,1H3. The van der Waals surface area contributed by atoms with E-state index in [1.165, 1.54) is 0 Å². The van der Waals surface area contributed by atoms with E-state index < -0.39 is 6.10 Å². The molecule has 0 amide bonds. The number of nitrogens with one attached hydrogen (secondary N) is 1. The van der Waals surface area contributed by atoms with Crippen LogP contribution in [0.2, 0.25) is 5.02 Å². The molecule has 0 aromatic heterocycles. The molecule has 1 aromatic carbocycles. The maximum atomic E-state index is 10.2. The van der Waals surface area contributed by atoms with Crippen molar-refractivity contribution in [3.05, 3.63) is 28.8 Å². The predicted octanol–water partition coefficient (Wildman–Crippen LogP) is 1.43. The lowest BCUT2D eigenvalue weighted by Gasteiger charge is -2.31. The molecule has 0 bridgehead atoms. The van der Waals surface area contributed by atoms with E-state index in [9.17, 15) is 5.11 Å². The lowest BCUT2D eigenvalue weighted by molar-refractivity contribution is 0.122. The van der Waals surface area contributed by atoms with Gasteiger partial charge in [-0.15, -0.1) is 0 Å². The summed E-state index contributed by atoms with van der Waals surface area (Å²) in [7, 11) is 1.82. The summed E-state index contributed by atoms with van der Waals surface area (Å²) >= 11 is 6.03. The largest absolute Gasteiger partial charge is 0.387 e. The minimum atomic E-state index is -0.549. The molecule has 2 N–H and O–H groups in total. The lowest BCUT2D eigenvalue weighted by Crippen LogP contribution is -2.37. The average molecular weight is 271 g/mol. The van der Waals surface area contributed by atoms with Crippen LogP contribution in [0.25, 0.3) is 0 Å². The zero-order valence-electron chi connectivity index (χ0n) is 10.5. The second kappa shape index (κ2) is 6.38. The Balaban J connectivity index is 2.27. The number of benzene rings is 1. The van der Waals surface area contributed by atoms with E-state index in [-0.39, 0.29) is 0 Å². The third-order valence-corrected chi connectivity index (χ3v) is 3.33. The van der Waals surface area contributed by atoms with Crippen LogP contribution in [0.3, 0.4) is 0 Å². The number of anilines is 1. The monoisotopic (exact) mass is 270 g/mol. The van der Waals surface area contributed by atoms with Crippen LogP contribution in [0.15, 0.2) is 18.2 Å². The highest BCUT2D eigenvalue weighted by Gasteiger charge is 2.19. The Morgan fingerprint density at radius 2 is 2.17 bits per heavy atom. The summed E-state index contributed by atoms with van der Waals surface area (Å²) in [5.41, 5.74) is 1.92. The number of nitrogens with zero attached hydrogens (tertiary/aromatic N) is 1. The van der Waals surface area contributed by atoms with Gasteiger partial charge in [0.1, 0.15) is 0 Å². The van der Waals surface area contributed by atoms with Crippen molar-refractivity contribution in [2.45, 2.75) is 6.10 Å². The summed E-state index contributed by atoms with van der Waals surface area (Å²) in [6, 6.07) is 5.68. The number of aliphatic hydroxyl groups is 1. The van der Waals surface area contributed by atoms with Gasteiger partial charge in [0.05, 0.1) is 19.3 Å². The first-order valence-corrected chi connectivity index (χ1v) is 6.55. The Morgan fingerprint density at radius 1 is 1.44 bits per heavy atom. The Morgan fingerprint density at radius 3 is 2.83 bits per heavy atom. The van der Waals surface area contributed by atoms with Crippen LogP contribution < -0.4 is 10.2 Å². The molecule has 100 valence electrons. The molecule has 0 spiro atoms. The summed E-state index contributed by atoms with van der Waals surface area (Å²) in [5.74, 6) is 0. The van der Waals surface area contributed by atoms with Gasteiger partial charge in [0.25, 0.3) is 0 Å². The van der Waals surface area contributed by atoms with Gasteiger partial charge in [0, 0.05) is 35.9 Å². The zero-order chi connectivity index (χ0) is 13.0. The minimum absolute atomic E-state index is 0.512. The van der Waals surface area contributed by atoms with Crippen LogP contribution in [0, 0.1) is 0 Å². The SMILES string of the molecule is CNCC(O)c1cc(Cl)ccc1N1CCOCC1. The second-order valence-electron chi connectivity index (χ2n) is 4.38. The van der Waals surface area contributed by atoms with Crippen molar-refractivity contribution in [2.24, 2.45) is 0 Å². The Kier molecular flexibility index (Phi) is 4.83. The highest BCUT2D eigenvalue weighted by Crippen LogP contribution is 2.29. The van der Waals surface area contributed by atoms with E-state index >= 15 is 0 Å². The molecule has 1 unspecified atom stereocenters. The summed E-state index contributed by atoms with van der Waals surface area (Å²) in [4.78, 5) is 2.23. The van der Waals surface area contributed by atoms with Crippen LogP contribution in [-0.4, -0.2) is 45.0 Å². The molecule has 1 fully saturated rings. The smallest absolute Gasteiger partial charge is 0.0934 e. The summed E-state index contributed by atoms with van der Waals surface area (Å²) in [6.45, 7) is 3.66. The third kappa shape index (κ3) is 3.14. The Bertz CT molecular complexity index is 395. The van der Waals surface area contributed by atoms with Crippen molar-refractivity contribution in [2.75, 3.05) is 44.8 Å². The van der Waals surface area contributed by atoms with Gasteiger partial charge in [-0.25, -0.2) is 0 Å². The number of rotatable bonds is 4. The average Bonchev–Trinajstić information content (AvgIpc) is 2.40. The maximum absolute atomic E-state index is 10.2. The molecule has 1 aliphatic heterocycles. The molecule has 1 aliphatic rings. The lowest BCUT2D eigenvalue weighted by atomic mass is 10.1. The number of ether oxygens (including phenoxy) is 1. The molecule has 4 nitrogen and oxygen atoms in total. The minimum Gasteiger partial charge on any atom is -0.387 e. The molecule has 0 radical (unpaired) electrons. The summed E-state index contributed by atoms with van der Waals surface area (Å²) < 4.78 is 5.35. The van der Waals surface area contributed by atoms with Crippen LogP contribution in [-0.2, 0) is 4.74 Å². The van der Waals surface area contributed by atoms with Gasteiger partial charge in [-0.2, -0.15) is 0 Å². The Labute approximate surface area is 113 Å². The van der Waals surface area contributed by atoms with E-state index in [1.807, 2.05) is 25.2 Å². The molecule has 1 saturated heterocycles. The molecule has 1 atom stereocenters. The van der Waals surface area contributed by atoms with E-state index in [1.54, 1.807) is 0 Å². The Hall–Kier alpha value is -0.810. The van der Waals surface area contributed by atoms with Gasteiger partial charge >= 0.3 is 0 Å². The van der Waals surface area contributed by atoms with Crippen LogP contribution in [0.1, 0.15) is 11.7 Å². The second-order valence-corrected chi connectivity index (χ2v) is 4.81. The fraction of sp³-hybridized carbons (Fsp3) is 0.538. The summed E-state index contributed by atoms with van der Waals surface area (Å²) in [5, 5.41) is 13.8. The topological polar surface area (TPSA) is 44.7 Å². The van der Waals surface area contributed by atoms with Gasteiger partial charge in [-0.1, -0.05) is 11.6 Å². The molecule has 18 heavy (non-hydrogen) atoms. The molecule has 0 aliphatic carbocycles. The van der Waals surface area contributed by atoms with Crippen molar-refractivity contribution in [3.8, 4) is 0 Å². The van der Waals surface area contributed by atoms with E-state index in [2.05, 4.69) is 10.2 Å². The fourth-order valence-corrected chi connectivity index (χ4v) is 2.37. The first kappa shape index (κ1) is 13.6. The first-order chi connectivity index (χ1) is 8.72. The van der Waals surface area contributed by atoms with Crippen molar-refractivity contribution in [1.82, 2.24) is 5.32 Å². The van der Waals surface area contributed by atoms with E-state index in [0.717, 1.165) is 37.6 Å². The molecule has 2 rings (SSSR count). The number of halogens is 1. The quantitative estimate of drug-likeness (QED) is 0.869. The number of hydrogen-bond acceptors (Lipinski definition) is 4. The normalized spacial score (nSPS) is 17.8.